The number of halogens is 3. The average molecular weight is 280 g/mol. The van der Waals surface area contributed by atoms with Gasteiger partial charge in [0.15, 0.2) is 0 Å². The Morgan fingerprint density at radius 3 is 2.45 bits per heavy atom. The molecule has 1 atom stereocenters. The molecule has 0 radical (unpaired) electrons. The molecule has 2 aromatic rings. The largest absolute Gasteiger partial charge is 0.391 e. The number of aryl methyl sites for hydroxylation is 1. The van der Waals surface area contributed by atoms with Gasteiger partial charge in [0.2, 0.25) is 0 Å². The first-order valence-corrected chi connectivity index (χ1v) is 6.24. The van der Waals surface area contributed by atoms with Crippen molar-refractivity contribution in [2.24, 2.45) is 0 Å². The number of pyridine rings is 1. The Hall–Kier alpha value is -2.04. The summed E-state index contributed by atoms with van der Waals surface area (Å²) in [7, 11) is 0. The zero-order chi connectivity index (χ0) is 14.6. The molecule has 106 valence electrons. The van der Waals surface area contributed by atoms with Crippen LogP contribution in [-0.4, -0.2) is 11.2 Å². The normalized spacial score (nSPS) is 13.0. The van der Waals surface area contributed by atoms with Crippen molar-refractivity contribution in [3.05, 3.63) is 59.9 Å². The minimum Gasteiger partial charge on any atom is -0.376 e. The van der Waals surface area contributed by atoms with E-state index in [1.165, 1.54) is 0 Å². The molecule has 1 aromatic heterocycles. The van der Waals surface area contributed by atoms with Gasteiger partial charge in [-0.2, -0.15) is 13.2 Å². The van der Waals surface area contributed by atoms with Crippen LogP contribution >= 0.6 is 0 Å². The number of alkyl halides is 3. The first-order valence-electron chi connectivity index (χ1n) is 6.24. The van der Waals surface area contributed by atoms with E-state index in [-0.39, 0.29) is 0 Å². The van der Waals surface area contributed by atoms with Gasteiger partial charge in [0.05, 0.1) is 24.3 Å². The highest BCUT2D eigenvalue weighted by Crippen LogP contribution is 2.32. The summed E-state index contributed by atoms with van der Waals surface area (Å²) in [6.07, 6.45) is -2.00. The second-order valence-electron chi connectivity index (χ2n) is 4.62. The predicted molar refractivity (Wildman–Crippen MR) is 72.5 cm³/mol. The van der Waals surface area contributed by atoms with Crippen LogP contribution < -0.4 is 5.32 Å². The van der Waals surface area contributed by atoms with Gasteiger partial charge >= 0.3 is 6.18 Å². The van der Waals surface area contributed by atoms with Gasteiger partial charge in [-0.05, 0) is 24.1 Å². The molecule has 0 fully saturated rings. The van der Waals surface area contributed by atoms with Crippen LogP contribution in [-0.2, 0) is 0 Å². The van der Waals surface area contributed by atoms with E-state index in [0.29, 0.717) is 11.3 Å². The van der Waals surface area contributed by atoms with Crippen LogP contribution in [0.2, 0.25) is 0 Å². The first-order chi connectivity index (χ1) is 9.46. The summed E-state index contributed by atoms with van der Waals surface area (Å²) in [6.45, 7) is 1.83. The number of hydrogen-bond donors (Lipinski definition) is 1. The Labute approximate surface area is 115 Å². The molecule has 1 unspecified atom stereocenters. The number of nitrogens with zero attached hydrogens (tertiary/aromatic N) is 1. The summed E-state index contributed by atoms with van der Waals surface area (Å²) >= 11 is 0. The van der Waals surface area contributed by atoms with Crippen molar-refractivity contribution >= 4 is 5.69 Å². The van der Waals surface area contributed by atoms with Crippen molar-refractivity contribution in [2.75, 3.05) is 5.32 Å². The molecule has 0 aliphatic carbocycles. The van der Waals surface area contributed by atoms with Gasteiger partial charge in [0, 0.05) is 6.20 Å². The van der Waals surface area contributed by atoms with E-state index in [0.717, 1.165) is 5.56 Å². The highest BCUT2D eigenvalue weighted by atomic mass is 19.4. The summed E-state index contributed by atoms with van der Waals surface area (Å²) in [6, 6.07) is 9.57. The molecular formula is C15H15F3N2. The monoisotopic (exact) mass is 280 g/mol. The second-order valence-corrected chi connectivity index (χ2v) is 4.62. The van der Waals surface area contributed by atoms with Crippen molar-refractivity contribution in [2.45, 2.75) is 25.6 Å². The van der Waals surface area contributed by atoms with E-state index < -0.39 is 18.6 Å². The second kappa shape index (κ2) is 5.94. The molecule has 1 heterocycles. The molecule has 1 aromatic carbocycles. The Bertz CT molecular complexity index is 553. The third-order valence-electron chi connectivity index (χ3n) is 3.01. The van der Waals surface area contributed by atoms with E-state index in [1.807, 2.05) is 6.92 Å². The fourth-order valence-electron chi connectivity index (χ4n) is 1.97. The topological polar surface area (TPSA) is 24.9 Å². The summed E-state index contributed by atoms with van der Waals surface area (Å²) in [5.41, 5.74) is 2.08. The van der Waals surface area contributed by atoms with E-state index >= 15 is 0 Å². The van der Waals surface area contributed by atoms with E-state index in [9.17, 15) is 13.2 Å². The minimum absolute atomic E-state index is 0.605. The Morgan fingerprint density at radius 1 is 1.15 bits per heavy atom. The third-order valence-corrected chi connectivity index (χ3v) is 3.01. The molecule has 0 amide bonds. The summed E-state index contributed by atoms with van der Waals surface area (Å²) < 4.78 is 38.2. The summed E-state index contributed by atoms with van der Waals surface area (Å²) in [5, 5.41) is 2.94. The van der Waals surface area contributed by atoms with Gasteiger partial charge in [-0.25, -0.2) is 0 Å². The van der Waals surface area contributed by atoms with Crippen LogP contribution in [0.5, 0.6) is 0 Å². The smallest absolute Gasteiger partial charge is 0.376 e. The molecule has 5 heteroatoms. The molecule has 0 saturated heterocycles. The lowest BCUT2D eigenvalue weighted by Gasteiger charge is -2.22. The fraction of sp³-hybridized carbons (Fsp3) is 0.267. The molecule has 0 spiro atoms. The minimum atomic E-state index is -4.23. The standard InChI is InChI=1S/C15H15F3N2/c1-11-7-8-19-10-14(11)20-13(9-15(16,17)18)12-5-3-2-4-6-12/h2-8,10,13,20H,9H2,1H3. The number of aromatic nitrogens is 1. The lowest BCUT2D eigenvalue weighted by Crippen LogP contribution is -2.20. The number of benzene rings is 1. The van der Waals surface area contributed by atoms with Gasteiger partial charge in [-0.3, -0.25) is 4.98 Å². The number of rotatable bonds is 4. The van der Waals surface area contributed by atoms with Gasteiger partial charge in [0.25, 0.3) is 0 Å². The maximum absolute atomic E-state index is 12.7. The molecule has 0 aliphatic heterocycles. The predicted octanol–water partition coefficient (Wildman–Crippen LogP) is 4.50. The van der Waals surface area contributed by atoms with Crippen LogP contribution in [0.3, 0.4) is 0 Å². The molecule has 1 N–H and O–H groups in total. The summed E-state index contributed by atoms with van der Waals surface area (Å²) in [4.78, 5) is 3.94. The fourth-order valence-corrected chi connectivity index (χ4v) is 1.97. The highest BCUT2D eigenvalue weighted by molar-refractivity contribution is 5.50. The summed E-state index contributed by atoms with van der Waals surface area (Å²) in [5.74, 6) is 0. The van der Waals surface area contributed by atoms with Crippen LogP contribution in [0.4, 0.5) is 18.9 Å². The van der Waals surface area contributed by atoms with Crippen molar-refractivity contribution in [3.8, 4) is 0 Å². The van der Waals surface area contributed by atoms with Crippen LogP contribution in [0.15, 0.2) is 48.8 Å². The zero-order valence-electron chi connectivity index (χ0n) is 11.0. The third kappa shape index (κ3) is 3.98. The first kappa shape index (κ1) is 14.4. The lowest BCUT2D eigenvalue weighted by atomic mass is 10.0. The van der Waals surface area contributed by atoms with Crippen LogP contribution in [0.1, 0.15) is 23.6 Å². The number of anilines is 1. The highest BCUT2D eigenvalue weighted by Gasteiger charge is 2.32. The molecular weight excluding hydrogens is 265 g/mol. The van der Waals surface area contributed by atoms with E-state index in [1.54, 1.807) is 48.8 Å². The van der Waals surface area contributed by atoms with Gasteiger partial charge in [0.1, 0.15) is 0 Å². The van der Waals surface area contributed by atoms with Crippen molar-refractivity contribution in [1.82, 2.24) is 4.98 Å². The van der Waals surface area contributed by atoms with E-state index in [4.69, 9.17) is 0 Å². The van der Waals surface area contributed by atoms with Gasteiger partial charge in [-0.1, -0.05) is 30.3 Å². The van der Waals surface area contributed by atoms with Crippen LogP contribution in [0.25, 0.3) is 0 Å². The average Bonchev–Trinajstić information content (AvgIpc) is 2.40. The Balaban J connectivity index is 2.26. The zero-order valence-corrected chi connectivity index (χ0v) is 11.0. The number of nitrogens with one attached hydrogen (secondary N) is 1. The molecule has 0 bridgehead atoms. The molecule has 0 saturated carbocycles. The maximum atomic E-state index is 12.7. The maximum Gasteiger partial charge on any atom is 0.391 e. The number of hydrogen-bond acceptors (Lipinski definition) is 2. The Kier molecular flexibility index (Phi) is 4.27. The molecule has 2 rings (SSSR count). The van der Waals surface area contributed by atoms with Crippen LogP contribution in [0, 0.1) is 6.92 Å². The van der Waals surface area contributed by atoms with Crippen molar-refractivity contribution < 1.29 is 13.2 Å². The molecule has 20 heavy (non-hydrogen) atoms. The van der Waals surface area contributed by atoms with E-state index in [2.05, 4.69) is 10.3 Å². The molecule has 2 nitrogen and oxygen atoms in total. The Morgan fingerprint density at radius 2 is 1.85 bits per heavy atom. The van der Waals surface area contributed by atoms with Gasteiger partial charge < -0.3 is 5.32 Å². The lowest BCUT2D eigenvalue weighted by molar-refractivity contribution is -0.137. The molecule has 0 aliphatic rings. The van der Waals surface area contributed by atoms with Crippen molar-refractivity contribution in [1.29, 1.82) is 0 Å². The quantitative estimate of drug-likeness (QED) is 0.892. The SMILES string of the molecule is Cc1ccncc1NC(CC(F)(F)F)c1ccccc1. The van der Waals surface area contributed by atoms with Gasteiger partial charge in [-0.15, -0.1) is 0 Å². The van der Waals surface area contributed by atoms with Crippen molar-refractivity contribution in [3.63, 3.8) is 0 Å².